The van der Waals surface area contributed by atoms with Gasteiger partial charge in [0.25, 0.3) is 6.29 Å². The summed E-state index contributed by atoms with van der Waals surface area (Å²) in [5.74, 6) is 0. The summed E-state index contributed by atoms with van der Waals surface area (Å²) in [5.41, 5.74) is 0. The largest absolute Gasteiger partial charge is 0.343 e. The fourth-order valence-corrected chi connectivity index (χ4v) is 0.180. The minimum absolute atomic E-state index is 0.000000000000000222. The quantitative estimate of drug-likeness (QED) is 0.470. The van der Waals surface area contributed by atoms with E-state index in [9.17, 15) is 4.79 Å². The van der Waals surface area contributed by atoms with Gasteiger partial charge < -0.3 is 9.47 Å². The predicted molar refractivity (Wildman–Crippen MR) is 23.3 cm³/mol. The molecule has 7 heavy (non-hydrogen) atoms. The summed E-state index contributed by atoms with van der Waals surface area (Å²) in [6, 6.07) is 0. The van der Waals surface area contributed by atoms with E-state index in [1.165, 1.54) is 14.2 Å². The second-order valence-corrected chi connectivity index (χ2v) is 0.845. The topological polar surface area (TPSA) is 35.5 Å². The highest BCUT2D eigenvalue weighted by molar-refractivity contribution is 5.62. The van der Waals surface area contributed by atoms with E-state index in [1.807, 2.05) is 0 Å². The van der Waals surface area contributed by atoms with Gasteiger partial charge in [0.2, 0.25) is 0 Å². The van der Waals surface area contributed by atoms with Gasteiger partial charge in [-0.25, -0.2) is 0 Å². The Hall–Kier alpha value is -0.410. The molecule has 0 atom stereocenters. The number of hydrogen-bond donors (Lipinski definition) is 0. The first-order chi connectivity index (χ1) is 3.35. The number of aldehydes is 1. The minimum Gasteiger partial charge on any atom is -0.343 e. The van der Waals surface area contributed by atoms with E-state index in [4.69, 9.17) is 0 Å². The molecule has 0 saturated carbocycles. The van der Waals surface area contributed by atoms with Gasteiger partial charge in [0, 0.05) is 14.2 Å². The van der Waals surface area contributed by atoms with Crippen molar-refractivity contribution < 1.29 is 14.3 Å². The molecule has 1 radical (unpaired) electrons. The van der Waals surface area contributed by atoms with Crippen molar-refractivity contribution >= 4 is 6.29 Å². The van der Waals surface area contributed by atoms with Gasteiger partial charge in [-0.05, 0) is 0 Å². The second-order valence-electron chi connectivity index (χ2n) is 0.845. The zero-order chi connectivity index (χ0) is 5.70. The monoisotopic (exact) mass is 103 g/mol. The van der Waals surface area contributed by atoms with Crippen LogP contribution in [0.25, 0.3) is 0 Å². The van der Waals surface area contributed by atoms with E-state index in [1.54, 1.807) is 0 Å². The Morgan fingerprint density at radius 1 is 1.43 bits per heavy atom. The van der Waals surface area contributed by atoms with Gasteiger partial charge in [0.05, 0.1) is 0 Å². The molecule has 0 unspecified atom stereocenters. The van der Waals surface area contributed by atoms with Gasteiger partial charge in [-0.15, -0.1) is 0 Å². The second kappa shape index (κ2) is 3.77. The van der Waals surface area contributed by atoms with Gasteiger partial charge in [0.1, 0.15) is 0 Å². The smallest absolute Gasteiger partial charge is 0.289 e. The first-order valence-corrected chi connectivity index (χ1v) is 1.75. The first-order valence-electron chi connectivity index (χ1n) is 1.75. The lowest BCUT2D eigenvalue weighted by Gasteiger charge is -1.98. The van der Waals surface area contributed by atoms with Crippen LogP contribution in [0.15, 0.2) is 0 Å². The minimum atomic E-state index is 0.000000000000000222. The average Bonchev–Trinajstić information content (AvgIpc) is 1.72. The van der Waals surface area contributed by atoms with Gasteiger partial charge in [0.15, 0.2) is 6.29 Å². The molecule has 3 nitrogen and oxygen atoms in total. The summed E-state index contributed by atoms with van der Waals surface area (Å²) >= 11 is 0. The number of hydrogen-bond acceptors (Lipinski definition) is 3. The molecule has 0 aromatic carbocycles. The van der Waals surface area contributed by atoms with E-state index in [-0.39, 0.29) is 6.29 Å². The molecule has 3 heteroatoms. The SMILES string of the molecule is CO[C](C=O)OC. The van der Waals surface area contributed by atoms with Crippen molar-refractivity contribution in [2.75, 3.05) is 14.2 Å². The Balaban J connectivity index is 3.16. The lowest BCUT2D eigenvalue weighted by atomic mass is 10.7. The molecule has 0 aromatic rings. The van der Waals surface area contributed by atoms with E-state index in [0.29, 0.717) is 6.29 Å². The lowest BCUT2D eigenvalue weighted by molar-refractivity contribution is -0.120. The Bertz CT molecular complexity index is 48.9. The van der Waals surface area contributed by atoms with Crippen LogP contribution in [0.2, 0.25) is 0 Å². The van der Waals surface area contributed by atoms with Crippen LogP contribution in [-0.4, -0.2) is 20.5 Å². The van der Waals surface area contributed by atoms with E-state index in [0.717, 1.165) is 0 Å². The molecule has 0 aromatic heterocycles. The predicted octanol–water partition coefficient (Wildman–Crippen LogP) is -0.0324. The van der Waals surface area contributed by atoms with Gasteiger partial charge in [-0.1, -0.05) is 0 Å². The van der Waals surface area contributed by atoms with Crippen molar-refractivity contribution in [2.24, 2.45) is 0 Å². The van der Waals surface area contributed by atoms with Crippen LogP contribution in [0.4, 0.5) is 0 Å². The number of rotatable bonds is 3. The summed E-state index contributed by atoms with van der Waals surface area (Å²) in [4.78, 5) is 9.68. The maximum Gasteiger partial charge on any atom is 0.289 e. The summed E-state index contributed by atoms with van der Waals surface area (Å²) in [6.07, 6.45) is 0.500. The molecule has 0 bridgehead atoms. The van der Waals surface area contributed by atoms with Crippen LogP contribution in [0.3, 0.4) is 0 Å². The molecule has 41 valence electrons. The van der Waals surface area contributed by atoms with Crippen molar-refractivity contribution in [3.8, 4) is 0 Å². The number of carbonyl (C=O) groups is 1. The van der Waals surface area contributed by atoms with Crippen molar-refractivity contribution in [3.05, 3.63) is 6.29 Å². The zero-order valence-corrected chi connectivity index (χ0v) is 4.30. The van der Waals surface area contributed by atoms with Crippen LogP contribution < -0.4 is 0 Å². The van der Waals surface area contributed by atoms with E-state index >= 15 is 0 Å². The third-order valence-electron chi connectivity index (χ3n) is 0.499. The van der Waals surface area contributed by atoms with Gasteiger partial charge in [-0.2, -0.15) is 0 Å². The molecule has 0 heterocycles. The maximum absolute atomic E-state index is 9.68. The summed E-state index contributed by atoms with van der Waals surface area (Å²) < 4.78 is 8.75. The Morgan fingerprint density at radius 3 is 1.86 bits per heavy atom. The molecule has 0 amide bonds. The summed E-state index contributed by atoms with van der Waals surface area (Å²) in [6.45, 7) is 0. The number of methoxy groups -OCH3 is 2. The molecule has 0 rings (SSSR count). The van der Waals surface area contributed by atoms with Crippen LogP contribution >= 0.6 is 0 Å². The molecular formula is C4H7O3. The Labute approximate surface area is 42.2 Å². The van der Waals surface area contributed by atoms with Crippen molar-refractivity contribution in [1.82, 2.24) is 0 Å². The standard InChI is InChI=1S/C4H7O3/c1-6-4(3-5)7-2/h3H,1-2H3. The summed E-state index contributed by atoms with van der Waals surface area (Å²) in [7, 11) is 2.74. The highest BCUT2D eigenvalue weighted by atomic mass is 16.7. The molecule has 0 saturated heterocycles. The van der Waals surface area contributed by atoms with Crippen LogP contribution in [-0.2, 0) is 14.3 Å². The Morgan fingerprint density at radius 2 is 1.86 bits per heavy atom. The van der Waals surface area contributed by atoms with Crippen LogP contribution in [0.5, 0.6) is 0 Å². The zero-order valence-electron chi connectivity index (χ0n) is 4.30. The Kier molecular flexibility index (Phi) is 3.55. The van der Waals surface area contributed by atoms with Gasteiger partial charge >= 0.3 is 0 Å². The first kappa shape index (κ1) is 6.59. The maximum atomic E-state index is 9.68. The third-order valence-corrected chi connectivity index (χ3v) is 0.499. The normalized spacial score (nSPS) is 9.57. The van der Waals surface area contributed by atoms with Gasteiger partial charge in [-0.3, -0.25) is 4.79 Å². The summed E-state index contributed by atoms with van der Waals surface area (Å²) in [5, 5.41) is 0. The molecule has 0 N–H and O–H groups in total. The fraction of sp³-hybridized carbons (Fsp3) is 0.500. The number of ether oxygens (including phenoxy) is 2. The van der Waals surface area contributed by atoms with Crippen LogP contribution in [0, 0.1) is 6.29 Å². The van der Waals surface area contributed by atoms with Crippen LogP contribution in [0.1, 0.15) is 0 Å². The van der Waals surface area contributed by atoms with E-state index in [2.05, 4.69) is 9.47 Å². The van der Waals surface area contributed by atoms with Crippen molar-refractivity contribution in [3.63, 3.8) is 0 Å². The van der Waals surface area contributed by atoms with Crippen molar-refractivity contribution in [2.45, 2.75) is 0 Å². The number of carbonyl (C=O) groups excluding carboxylic acids is 1. The molecular weight excluding hydrogens is 96.0 g/mol. The van der Waals surface area contributed by atoms with Crippen molar-refractivity contribution in [1.29, 1.82) is 0 Å². The molecule has 0 spiro atoms. The highest BCUT2D eigenvalue weighted by Gasteiger charge is 2.01. The fourth-order valence-electron chi connectivity index (χ4n) is 0.180. The molecule has 0 fully saturated rings. The molecule has 0 aliphatic carbocycles. The molecule has 0 aliphatic heterocycles. The van der Waals surface area contributed by atoms with E-state index < -0.39 is 0 Å². The third kappa shape index (κ3) is 2.31. The average molecular weight is 103 g/mol. The highest BCUT2D eigenvalue weighted by Crippen LogP contribution is 1.92. The molecule has 0 aliphatic rings. The lowest BCUT2D eigenvalue weighted by Crippen LogP contribution is -2.02.